The molecular formula is C15H14BrCl2FN2. The lowest BCUT2D eigenvalue weighted by Crippen LogP contribution is -2.38. The number of rotatable bonds is 5. The summed E-state index contributed by atoms with van der Waals surface area (Å²) in [5.74, 6) is 5.25. The van der Waals surface area contributed by atoms with Gasteiger partial charge in [0.2, 0.25) is 0 Å². The zero-order valence-corrected chi connectivity index (χ0v) is 14.1. The molecule has 0 fully saturated rings. The van der Waals surface area contributed by atoms with Crippen LogP contribution >= 0.6 is 39.1 Å². The summed E-state index contributed by atoms with van der Waals surface area (Å²) >= 11 is 15.6. The average molecular weight is 392 g/mol. The highest BCUT2D eigenvalue weighted by molar-refractivity contribution is 9.10. The quantitative estimate of drug-likeness (QED) is 0.581. The van der Waals surface area contributed by atoms with Crippen molar-refractivity contribution in [2.75, 3.05) is 0 Å². The second-order valence-corrected chi connectivity index (χ2v) is 6.44. The molecule has 2 nitrogen and oxygen atoms in total. The minimum Gasteiger partial charge on any atom is -0.271 e. The van der Waals surface area contributed by atoms with Crippen molar-refractivity contribution in [3.63, 3.8) is 0 Å². The number of halogens is 4. The van der Waals surface area contributed by atoms with Crippen LogP contribution in [0.1, 0.15) is 11.1 Å². The number of hydrogen-bond donors (Lipinski definition) is 2. The average Bonchev–Trinajstić information content (AvgIpc) is 2.44. The maximum atomic E-state index is 13.8. The Labute approximate surface area is 141 Å². The van der Waals surface area contributed by atoms with Gasteiger partial charge in [0, 0.05) is 26.1 Å². The minimum atomic E-state index is -0.329. The maximum Gasteiger partial charge on any atom is 0.127 e. The van der Waals surface area contributed by atoms with Gasteiger partial charge in [0.1, 0.15) is 5.82 Å². The Hall–Kier alpha value is -0.650. The number of nitrogens with one attached hydrogen (secondary N) is 1. The van der Waals surface area contributed by atoms with Crippen LogP contribution in [0.2, 0.25) is 10.0 Å². The Morgan fingerprint density at radius 2 is 1.90 bits per heavy atom. The molecule has 2 rings (SSSR count). The Morgan fingerprint density at radius 3 is 2.52 bits per heavy atom. The fourth-order valence-electron chi connectivity index (χ4n) is 2.12. The van der Waals surface area contributed by atoms with E-state index in [4.69, 9.17) is 29.0 Å². The first-order valence-electron chi connectivity index (χ1n) is 6.34. The molecule has 0 aliphatic carbocycles. The molecule has 2 aromatic rings. The van der Waals surface area contributed by atoms with E-state index in [2.05, 4.69) is 21.4 Å². The van der Waals surface area contributed by atoms with Crippen LogP contribution in [0.5, 0.6) is 0 Å². The molecule has 0 saturated heterocycles. The first-order valence-corrected chi connectivity index (χ1v) is 7.89. The van der Waals surface area contributed by atoms with Crippen molar-refractivity contribution in [1.82, 2.24) is 5.43 Å². The van der Waals surface area contributed by atoms with Gasteiger partial charge in [-0.15, -0.1) is 0 Å². The molecule has 0 bridgehead atoms. The Balaban J connectivity index is 2.17. The molecule has 0 aliphatic heterocycles. The molecule has 0 radical (unpaired) electrons. The second kappa shape index (κ2) is 7.56. The van der Waals surface area contributed by atoms with E-state index < -0.39 is 0 Å². The van der Waals surface area contributed by atoms with Crippen LogP contribution in [0, 0.1) is 5.82 Å². The lowest BCUT2D eigenvalue weighted by molar-refractivity contribution is 0.506. The van der Waals surface area contributed by atoms with E-state index >= 15 is 0 Å². The molecular weight excluding hydrogens is 378 g/mol. The van der Waals surface area contributed by atoms with E-state index in [1.165, 1.54) is 6.07 Å². The summed E-state index contributed by atoms with van der Waals surface area (Å²) in [6.07, 6.45) is 0.960. The third-order valence-corrected chi connectivity index (χ3v) is 4.43. The Morgan fingerprint density at radius 1 is 1.14 bits per heavy atom. The molecule has 3 N–H and O–H groups in total. The summed E-state index contributed by atoms with van der Waals surface area (Å²) in [7, 11) is 0. The van der Waals surface area contributed by atoms with Gasteiger partial charge >= 0.3 is 0 Å². The molecule has 2 aromatic carbocycles. The van der Waals surface area contributed by atoms with Gasteiger partial charge < -0.3 is 0 Å². The van der Waals surface area contributed by atoms with E-state index in [9.17, 15) is 4.39 Å². The van der Waals surface area contributed by atoms with E-state index in [0.717, 1.165) is 10.0 Å². The molecule has 0 spiro atoms. The van der Waals surface area contributed by atoms with Gasteiger partial charge in [-0.3, -0.25) is 11.3 Å². The lowest BCUT2D eigenvalue weighted by Gasteiger charge is -2.18. The zero-order valence-electron chi connectivity index (χ0n) is 11.0. The van der Waals surface area contributed by atoms with Gasteiger partial charge in [0.25, 0.3) is 0 Å². The van der Waals surface area contributed by atoms with Gasteiger partial charge in [-0.1, -0.05) is 51.3 Å². The third kappa shape index (κ3) is 4.41. The summed E-state index contributed by atoms with van der Waals surface area (Å²) < 4.78 is 14.7. The molecule has 21 heavy (non-hydrogen) atoms. The summed E-state index contributed by atoms with van der Waals surface area (Å²) in [5.41, 5.74) is 4.09. The van der Waals surface area contributed by atoms with Crippen molar-refractivity contribution >= 4 is 39.1 Å². The van der Waals surface area contributed by atoms with Crippen LogP contribution in [-0.4, -0.2) is 6.04 Å². The van der Waals surface area contributed by atoms with Crippen molar-refractivity contribution in [2.24, 2.45) is 5.84 Å². The van der Waals surface area contributed by atoms with Crippen LogP contribution in [0.25, 0.3) is 0 Å². The predicted octanol–water partition coefficient (Wildman–Crippen LogP) is 4.51. The molecule has 0 aromatic heterocycles. The van der Waals surface area contributed by atoms with Crippen molar-refractivity contribution in [3.8, 4) is 0 Å². The molecule has 112 valence electrons. The highest BCUT2D eigenvalue weighted by atomic mass is 79.9. The Kier molecular flexibility index (Phi) is 6.02. The van der Waals surface area contributed by atoms with Gasteiger partial charge in [0.15, 0.2) is 0 Å². The van der Waals surface area contributed by atoms with Crippen LogP contribution < -0.4 is 11.3 Å². The summed E-state index contributed by atoms with van der Waals surface area (Å²) in [6.45, 7) is 0. The van der Waals surface area contributed by atoms with Crippen molar-refractivity contribution in [1.29, 1.82) is 0 Å². The van der Waals surface area contributed by atoms with Crippen molar-refractivity contribution in [3.05, 3.63) is 67.9 Å². The van der Waals surface area contributed by atoms with Gasteiger partial charge in [-0.25, -0.2) is 4.39 Å². The van der Waals surface area contributed by atoms with Crippen LogP contribution in [0.15, 0.2) is 40.9 Å². The van der Waals surface area contributed by atoms with Crippen molar-refractivity contribution in [2.45, 2.75) is 18.9 Å². The second-order valence-electron chi connectivity index (χ2n) is 4.71. The van der Waals surface area contributed by atoms with E-state index in [0.29, 0.717) is 28.5 Å². The first-order chi connectivity index (χ1) is 10.0. The minimum absolute atomic E-state index is 0.168. The number of benzene rings is 2. The smallest absolute Gasteiger partial charge is 0.127 e. The lowest BCUT2D eigenvalue weighted by atomic mass is 9.99. The van der Waals surface area contributed by atoms with Crippen LogP contribution in [0.3, 0.4) is 0 Å². The third-order valence-electron chi connectivity index (χ3n) is 3.23. The van der Waals surface area contributed by atoms with E-state index in [-0.39, 0.29) is 11.9 Å². The fourth-order valence-corrected chi connectivity index (χ4v) is 3.11. The predicted molar refractivity (Wildman–Crippen MR) is 89.1 cm³/mol. The summed E-state index contributed by atoms with van der Waals surface area (Å²) in [6, 6.07) is 10.1. The van der Waals surface area contributed by atoms with Crippen molar-refractivity contribution < 1.29 is 4.39 Å². The standard InChI is InChI=1S/C15H14BrCl2FN2/c16-10-5-4-9(14(18)7-10)6-11(21-20)8-12-13(17)2-1-3-15(12)19/h1-5,7,11,21H,6,8,20H2. The van der Waals surface area contributed by atoms with Crippen LogP contribution in [0.4, 0.5) is 4.39 Å². The summed E-state index contributed by atoms with van der Waals surface area (Å²) in [5, 5.41) is 1.04. The van der Waals surface area contributed by atoms with E-state index in [1.807, 2.05) is 18.2 Å². The topological polar surface area (TPSA) is 38.0 Å². The number of hydrogen-bond acceptors (Lipinski definition) is 2. The molecule has 1 unspecified atom stereocenters. The zero-order chi connectivity index (χ0) is 15.4. The number of hydrazine groups is 1. The molecule has 6 heteroatoms. The normalized spacial score (nSPS) is 12.4. The SMILES string of the molecule is NNC(Cc1ccc(Br)cc1Cl)Cc1c(F)cccc1Cl. The molecule has 0 amide bonds. The number of nitrogens with two attached hydrogens (primary N) is 1. The monoisotopic (exact) mass is 390 g/mol. The van der Waals surface area contributed by atoms with Gasteiger partial charge in [-0.05, 0) is 42.7 Å². The van der Waals surface area contributed by atoms with E-state index in [1.54, 1.807) is 12.1 Å². The van der Waals surface area contributed by atoms with Gasteiger partial charge in [-0.2, -0.15) is 0 Å². The fraction of sp³-hybridized carbons (Fsp3) is 0.200. The molecule has 1 atom stereocenters. The molecule has 0 aliphatic rings. The van der Waals surface area contributed by atoms with Crippen LogP contribution in [-0.2, 0) is 12.8 Å². The largest absolute Gasteiger partial charge is 0.271 e. The maximum absolute atomic E-state index is 13.8. The summed E-state index contributed by atoms with van der Waals surface area (Å²) in [4.78, 5) is 0. The van der Waals surface area contributed by atoms with Gasteiger partial charge in [0.05, 0.1) is 0 Å². The Bertz CT molecular complexity index is 617. The first kappa shape index (κ1) is 16.7. The highest BCUT2D eigenvalue weighted by Gasteiger charge is 2.16. The molecule has 0 heterocycles. The highest BCUT2D eigenvalue weighted by Crippen LogP contribution is 2.25. The molecule has 0 saturated carbocycles.